The van der Waals surface area contributed by atoms with Crippen molar-refractivity contribution in [2.45, 2.75) is 70.9 Å². The van der Waals surface area contributed by atoms with E-state index in [1.54, 1.807) is 13.2 Å². The number of halogens is 1. The van der Waals surface area contributed by atoms with Gasteiger partial charge in [-0.2, -0.15) is 5.26 Å². The highest BCUT2D eigenvalue weighted by Gasteiger charge is 2.42. The minimum Gasteiger partial charge on any atom is -0.493 e. The molecule has 0 saturated heterocycles. The summed E-state index contributed by atoms with van der Waals surface area (Å²) < 4.78 is 19.6. The van der Waals surface area contributed by atoms with Crippen molar-refractivity contribution in [1.29, 1.82) is 5.26 Å². The Morgan fingerprint density at radius 2 is 1.97 bits per heavy atom. The first-order valence-electron chi connectivity index (χ1n) is 9.95. The zero-order valence-corrected chi connectivity index (χ0v) is 21.1. The molecule has 4 nitrogen and oxygen atoms in total. The summed E-state index contributed by atoms with van der Waals surface area (Å²) in [4.78, 5) is 0. The van der Waals surface area contributed by atoms with Gasteiger partial charge in [0.25, 0.3) is 0 Å². The normalized spacial score (nSPS) is 20.3. The molecule has 158 valence electrons. The molecule has 0 radical (unpaired) electrons. The van der Waals surface area contributed by atoms with Gasteiger partial charge in [-0.3, -0.25) is 0 Å². The van der Waals surface area contributed by atoms with E-state index in [-0.39, 0.29) is 17.2 Å². The van der Waals surface area contributed by atoms with Crippen LogP contribution in [0.3, 0.4) is 0 Å². The third kappa shape index (κ3) is 5.53. The lowest BCUT2D eigenvalue weighted by molar-refractivity contribution is 0.0524. The van der Waals surface area contributed by atoms with Crippen molar-refractivity contribution >= 4 is 30.3 Å². The third-order valence-electron chi connectivity index (χ3n) is 5.85. The molecule has 0 unspecified atom stereocenters. The van der Waals surface area contributed by atoms with Crippen LogP contribution < -0.4 is 9.47 Å². The fraction of sp³-hybridized carbons (Fsp3) is 0.522. The molecule has 0 heterocycles. The van der Waals surface area contributed by atoms with Crippen LogP contribution in [-0.2, 0) is 4.43 Å². The Bertz CT molecular complexity index is 834. The van der Waals surface area contributed by atoms with E-state index >= 15 is 0 Å². The molecule has 0 fully saturated rings. The maximum atomic E-state index is 8.86. The number of rotatable bonds is 6. The van der Waals surface area contributed by atoms with E-state index in [0.717, 1.165) is 22.9 Å². The van der Waals surface area contributed by atoms with Crippen molar-refractivity contribution in [3.8, 4) is 17.6 Å². The number of nitrogens with zero attached hydrogens (tertiary/aromatic N) is 1. The van der Waals surface area contributed by atoms with E-state index in [1.807, 2.05) is 18.2 Å². The Kier molecular flexibility index (Phi) is 7.78. The van der Waals surface area contributed by atoms with Crippen LogP contribution in [0.25, 0.3) is 6.08 Å². The molecule has 0 spiro atoms. The molecule has 1 aliphatic carbocycles. The summed E-state index contributed by atoms with van der Waals surface area (Å²) in [5, 5.41) is 9.00. The molecular formula is C23H32BrNO3Si. The number of hydrogen-bond acceptors (Lipinski definition) is 4. The van der Waals surface area contributed by atoms with Crippen LogP contribution in [0.1, 0.15) is 46.1 Å². The summed E-state index contributed by atoms with van der Waals surface area (Å²) >= 11 is 3.65. The summed E-state index contributed by atoms with van der Waals surface area (Å²) in [7, 11) is -0.311. The van der Waals surface area contributed by atoms with Gasteiger partial charge in [0, 0.05) is 6.08 Å². The van der Waals surface area contributed by atoms with Crippen molar-refractivity contribution < 1.29 is 13.9 Å². The minimum absolute atomic E-state index is 0.00388. The van der Waals surface area contributed by atoms with Gasteiger partial charge in [-0.15, -0.1) is 0 Å². The Balaban J connectivity index is 2.41. The van der Waals surface area contributed by atoms with Gasteiger partial charge >= 0.3 is 0 Å². The lowest BCUT2D eigenvalue weighted by atomic mass is 9.95. The van der Waals surface area contributed by atoms with Crippen LogP contribution in [-0.4, -0.2) is 27.6 Å². The van der Waals surface area contributed by atoms with Gasteiger partial charge in [0.05, 0.1) is 23.8 Å². The second kappa shape index (κ2) is 9.50. The molecule has 1 aliphatic rings. The van der Waals surface area contributed by atoms with Crippen LogP contribution in [0.4, 0.5) is 0 Å². The van der Waals surface area contributed by atoms with E-state index in [4.69, 9.17) is 19.2 Å². The van der Waals surface area contributed by atoms with Crippen LogP contribution in [0.15, 0.2) is 34.3 Å². The van der Waals surface area contributed by atoms with Gasteiger partial charge in [-0.25, -0.2) is 0 Å². The average molecular weight is 479 g/mol. The van der Waals surface area contributed by atoms with Crippen LogP contribution >= 0.6 is 15.9 Å². The van der Waals surface area contributed by atoms with Crippen molar-refractivity contribution in [3.63, 3.8) is 0 Å². The van der Waals surface area contributed by atoms with Gasteiger partial charge in [-0.1, -0.05) is 26.8 Å². The number of benzene rings is 1. The van der Waals surface area contributed by atoms with E-state index in [2.05, 4.69) is 62.8 Å². The smallest absolute Gasteiger partial charge is 0.192 e. The SMILES string of the molecule is COc1ccc(/C=C/C#N)c(Br)c1O[C@@H]1C(C)=CCC[C@H]1O[Si](C)(C)C(C)(C)C. The van der Waals surface area contributed by atoms with Crippen molar-refractivity contribution in [2.75, 3.05) is 7.11 Å². The summed E-state index contributed by atoms with van der Waals surface area (Å²) in [5.41, 5.74) is 2.04. The molecular weight excluding hydrogens is 446 g/mol. The zero-order valence-electron chi connectivity index (χ0n) is 18.5. The van der Waals surface area contributed by atoms with E-state index < -0.39 is 8.32 Å². The number of ether oxygens (including phenoxy) is 2. The van der Waals surface area contributed by atoms with Crippen LogP contribution in [0, 0.1) is 11.3 Å². The van der Waals surface area contributed by atoms with Crippen molar-refractivity contribution in [3.05, 3.63) is 39.9 Å². The molecule has 2 rings (SSSR count). The van der Waals surface area contributed by atoms with Gasteiger partial charge in [0.2, 0.25) is 0 Å². The average Bonchev–Trinajstić information content (AvgIpc) is 2.63. The molecule has 0 aromatic heterocycles. The van der Waals surface area contributed by atoms with Crippen LogP contribution in [0.5, 0.6) is 11.5 Å². The number of nitriles is 1. The topological polar surface area (TPSA) is 51.5 Å². The first kappa shape index (κ1) is 23.7. The standard InChI is InChI=1S/C23H32BrNO3Si/c1-16-10-8-12-19(28-29(6,7)23(2,3)4)21(16)27-22-18(26-5)14-13-17(20(22)24)11-9-15-25/h9-11,13-14,19,21H,8,12H2,1-7H3/b11-9+/t19-,21-/m1/s1. The Labute approximate surface area is 184 Å². The fourth-order valence-electron chi connectivity index (χ4n) is 3.09. The second-order valence-electron chi connectivity index (χ2n) is 8.94. The van der Waals surface area contributed by atoms with E-state index in [9.17, 15) is 0 Å². The molecule has 0 bridgehead atoms. The number of hydrogen-bond donors (Lipinski definition) is 0. The van der Waals surface area contributed by atoms with Crippen LogP contribution in [0.2, 0.25) is 18.1 Å². The minimum atomic E-state index is -1.94. The molecule has 6 heteroatoms. The number of allylic oxidation sites excluding steroid dienone is 2. The summed E-state index contributed by atoms with van der Waals surface area (Å²) in [5.74, 6) is 1.28. The second-order valence-corrected chi connectivity index (χ2v) is 14.5. The summed E-state index contributed by atoms with van der Waals surface area (Å²) in [6, 6.07) is 5.79. The quantitative estimate of drug-likeness (QED) is 0.254. The molecule has 0 N–H and O–H groups in total. The highest BCUT2D eigenvalue weighted by Crippen LogP contribution is 2.43. The molecule has 0 saturated carbocycles. The number of methoxy groups -OCH3 is 1. The van der Waals surface area contributed by atoms with Crippen molar-refractivity contribution in [2.24, 2.45) is 0 Å². The third-order valence-corrected chi connectivity index (χ3v) is 11.2. The van der Waals surface area contributed by atoms with Gasteiger partial charge in [0.15, 0.2) is 19.8 Å². The molecule has 1 aromatic rings. The monoisotopic (exact) mass is 477 g/mol. The summed E-state index contributed by atoms with van der Waals surface area (Å²) in [6.45, 7) is 13.4. The maximum Gasteiger partial charge on any atom is 0.192 e. The van der Waals surface area contributed by atoms with Gasteiger partial charge in [-0.05, 0) is 83.2 Å². The Hall–Kier alpha value is -1.55. The first-order chi connectivity index (χ1) is 13.5. The van der Waals surface area contributed by atoms with Crippen molar-refractivity contribution in [1.82, 2.24) is 0 Å². The first-order valence-corrected chi connectivity index (χ1v) is 13.7. The Morgan fingerprint density at radius 1 is 1.28 bits per heavy atom. The zero-order chi connectivity index (χ0) is 21.8. The molecule has 2 atom stereocenters. The van der Waals surface area contributed by atoms with Gasteiger partial charge in [0.1, 0.15) is 6.10 Å². The summed E-state index contributed by atoms with van der Waals surface area (Å²) in [6.07, 6.45) is 7.18. The molecule has 0 aliphatic heterocycles. The Morgan fingerprint density at radius 3 is 2.55 bits per heavy atom. The highest BCUT2D eigenvalue weighted by atomic mass is 79.9. The largest absolute Gasteiger partial charge is 0.493 e. The molecule has 29 heavy (non-hydrogen) atoms. The fourth-order valence-corrected chi connectivity index (χ4v) is 4.99. The maximum absolute atomic E-state index is 8.86. The van der Waals surface area contributed by atoms with E-state index in [0.29, 0.717) is 11.5 Å². The molecule has 1 aromatic carbocycles. The predicted octanol–water partition coefficient (Wildman–Crippen LogP) is 6.87. The lowest BCUT2D eigenvalue weighted by Gasteiger charge is -2.42. The highest BCUT2D eigenvalue weighted by molar-refractivity contribution is 9.10. The van der Waals surface area contributed by atoms with Gasteiger partial charge < -0.3 is 13.9 Å². The molecule has 0 amide bonds. The lowest BCUT2D eigenvalue weighted by Crippen LogP contribution is -2.49. The van der Waals surface area contributed by atoms with E-state index in [1.165, 1.54) is 11.6 Å². The predicted molar refractivity (Wildman–Crippen MR) is 125 cm³/mol.